The first-order valence-electron chi connectivity index (χ1n) is 4.14. The SMILES string of the molecule is Cc1ccc(C=O)c(NC(C)O)c1. The zero-order valence-electron chi connectivity index (χ0n) is 7.74. The number of carbonyl (C=O) groups excluding carboxylic acids is 1. The number of nitrogens with one attached hydrogen (secondary N) is 1. The lowest BCUT2D eigenvalue weighted by molar-refractivity contribution is 0.112. The van der Waals surface area contributed by atoms with Crippen LogP contribution in [0.2, 0.25) is 0 Å². The molecule has 2 N–H and O–H groups in total. The van der Waals surface area contributed by atoms with Gasteiger partial charge < -0.3 is 10.4 Å². The standard InChI is InChI=1S/C10H13NO2/c1-7-3-4-9(6-12)10(5-7)11-8(2)13/h3-6,8,11,13H,1-2H3. The average molecular weight is 179 g/mol. The number of anilines is 1. The molecular weight excluding hydrogens is 166 g/mol. The van der Waals surface area contributed by atoms with E-state index in [1.807, 2.05) is 19.1 Å². The van der Waals surface area contributed by atoms with Gasteiger partial charge in [-0.2, -0.15) is 0 Å². The molecule has 1 aromatic rings. The molecule has 0 amide bonds. The number of aryl methyl sites for hydroxylation is 1. The summed E-state index contributed by atoms with van der Waals surface area (Å²) < 4.78 is 0. The molecular formula is C10H13NO2. The van der Waals surface area contributed by atoms with Gasteiger partial charge in [0.25, 0.3) is 0 Å². The molecule has 0 aliphatic rings. The van der Waals surface area contributed by atoms with Gasteiger partial charge >= 0.3 is 0 Å². The van der Waals surface area contributed by atoms with E-state index in [-0.39, 0.29) is 0 Å². The average Bonchev–Trinajstić information content (AvgIpc) is 2.03. The molecule has 0 spiro atoms. The van der Waals surface area contributed by atoms with Crippen LogP contribution in [0.3, 0.4) is 0 Å². The summed E-state index contributed by atoms with van der Waals surface area (Å²) in [5.74, 6) is 0. The molecule has 1 rings (SSSR count). The molecule has 0 aliphatic heterocycles. The van der Waals surface area contributed by atoms with Gasteiger partial charge in [-0.15, -0.1) is 0 Å². The summed E-state index contributed by atoms with van der Waals surface area (Å²) in [6, 6.07) is 5.42. The van der Waals surface area contributed by atoms with Crippen LogP contribution in [0.5, 0.6) is 0 Å². The minimum atomic E-state index is -0.652. The molecule has 0 bridgehead atoms. The van der Waals surface area contributed by atoms with Crippen LogP contribution in [0, 0.1) is 6.92 Å². The van der Waals surface area contributed by atoms with Crippen LogP contribution in [0.15, 0.2) is 18.2 Å². The Labute approximate surface area is 77.4 Å². The molecule has 0 aromatic heterocycles. The van der Waals surface area contributed by atoms with E-state index in [0.717, 1.165) is 11.8 Å². The van der Waals surface area contributed by atoms with Gasteiger partial charge in [-0.05, 0) is 31.5 Å². The first-order chi connectivity index (χ1) is 6.13. The monoisotopic (exact) mass is 179 g/mol. The molecule has 0 fully saturated rings. The maximum atomic E-state index is 10.6. The largest absolute Gasteiger partial charge is 0.374 e. The highest BCUT2D eigenvalue weighted by Crippen LogP contribution is 2.16. The first-order valence-corrected chi connectivity index (χ1v) is 4.14. The van der Waals surface area contributed by atoms with Gasteiger partial charge in [0.2, 0.25) is 0 Å². The molecule has 3 nitrogen and oxygen atoms in total. The summed E-state index contributed by atoms with van der Waals surface area (Å²) in [7, 11) is 0. The van der Waals surface area contributed by atoms with Crippen LogP contribution in [0.1, 0.15) is 22.8 Å². The van der Waals surface area contributed by atoms with E-state index in [2.05, 4.69) is 5.32 Å². The molecule has 0 saturated heterocycles. The van der Waals surface area contributed by atoms with Gasteiger partial charge in [0, 0.05) is 11.3 Å². The number of hydrogen-bond donors (Lipinski definition) is 2. The molecule has 0 saturated carbocycles. The van der Waals surface area contributed by atoms with Crippen LogP contribution in [-0.2, 0) is 0 Å². The maximum Gasteiger partial charge on any atom is 0.152 e. The Morgan fingerprint density at radius 1 is 1.54 bits per heavy atom. The zero-order chi connectivity index (χ0) is 9.84. The fourth-order valence-electron chi connectivity index (χ4n) is 1.12. The second-order valence-corrected chi connectivity index (χ2v) is 3.03. The Bertz CT molecular complexity index is 308. The molecule has 1 unspecified atom stereocenters. The minimum Gasteiger partial charge on any atom is -0.374 e. The molecule has 3 heteroatoms. The van der Waals surface area contributed by atoms with Gasteiger partial charge in [-0.25, -0.2) is 0 Å². The van der Waals surface area contributed by atoms with Gasteiger partial charge in [0.1, 0.15) is 6.23 Å². The fourth-order valence-corrected chi connectivity index (χ4v) is 1.12. The van der Waals surface area contributed by atoms with E-state index in [4.69, 9.17) is 5.11 Å². The van der Waals surface area contributed by atoms with Crippen molar-refractivity contribution in [2.75, 3.05) is 5.32 Å². The number of aliphatic hydroxyl groups excluding tert-OH is 1. The van der Waals surface area contributed by atoms with Crippen molar-refractivity contribution in [1.82, 2.24) is 0 Å². The summed E-state index contributed by atoms with van der Waals surface area (Å²) in [4.78, 5) is 10.6. The highest BCUT2D eigenvalue weighted by Gasteiger charge is 2.02. The lowest BCUT2D eigenvalue weighted by Gasteiger charge is -2.11. The van der Waals surface area contributed by atoms with Crippen molar-refractivity contribution in [3.8, 4) is 0 Å². The van der Waals surface area contributed by atoms with Crippen LogP contribution in [0.4, 0.5) is 5.69 Å². The Morgan fingerprint density at radius 2 is 2.23 bits per heavy atom. The molecule has 1 atom stereocenters. The molecule has 0 radical (unpaired) electrons. The van der Waals surface area contributed by atoms with Crippen molar-refractivity contribution >= 4 is 12.0 Å². The molecule has 0 aliphatic carbocycles. The molecule has 70 valence electrons. The normalized spacial score (nSPS) is 12.2. The third kappa shape index (κ3) is 2.56. The van der Waals surface area contributed by atoms with Gasteiger partial charge in [-0.1, -0.05) is 6.07 Å². The number of hydrogen-bond acceptors (Lipinski definition) is 3. The summed E-state index contributed by atoms with van der Waals surface area (Å²) >= 11 is 0. The molecule has 13 heavy (non-hydrogen) atoms. The van der Waals surface area contributed by atoms with Crippen molar-refractivity contribution in [2.45, 2.75) is 20.1 Å². The van der Waals surface area contributed by atoms with Crippen LogP contribution in [0.25, 0.3) is 0 Å². The van der Waals surface area contributed by atoms with E-state index in [9.17, 15) is 4.79 Å². The summed E-state index contributed by atoms with van der Waals surface area (Å²) in [5, 5.41) is 11.9. The number of aliphatic hydroxyl groups is 1. The van der Waals surface area contributed by atoms with E-state index in [0.29, 0.717) is 11.3 Å². The van der Waals surface area contributed by atoms with Crippen LogP contribution in [-0.4, -0.2) is 17.6 Å². The van der Waals surface area contributed by atoms with E-state index < -0.39 is 6.23 Å². The number of carbonyl (C=O) groups is 1. The minimum absolute atomic E-state index is 0.562. The van der Waals surface area contributed by atoms with E-state index in [1.165, 1.54) is 0 Å². The first kappa shape index (κ1) is 9.74. The van der Waals surface area contributed by atoms with Gasteiger partial charge in [0.15, 0.2) is 6.29 Å². The Hall–Kier alpha value is -1.35. The number of aldehydes is 1. The van der Waals surface area contributed by atoms with Crippen LogP contribution < -0.4 is 5.32 Å². The number of benzene rings is 1. The fraction of sp³-hybridized carbons (Fsp3) is 0.300. The second-order valence-electron chi connectivity index (χ2n) is 3.03. The zero-order valence-corrected chi connectivity index (χ0v) is 7.74. The highest BCUT2D eigenvalue weighted by molar-refractivity contribution is 5.84. The third-order valence-electron chi connectivity index (χ3n) is 1.70. The summed E-state index contributed by atoms with van der Waals surface area (Å²) in [6.45, 7) is 3.54. The van der Waals surface area contributed by atoms with E-state index >= 15 is 0 Å². The second kappa shape index (κ2) is 4.05. The quantitative estimate of drug-likeness (QED) is 0.547. The van der Waals surface area contributed by atoms with Crippen LogP contribution >= 0.6 is 0 Å². The maximum absolute atomic E-state index is 10.6. The predicted octanol–water partition coefficient (Wildman–Crippen LogP) is 1.56. The van der Waals surface area contributed by atoms with Gasteiger partial charge in [0.05, 0.1) is 0 Å². The molecule has 0 heterocycles. The third-order valence-corrected chi connectivity index (χ3v) is 1.70. The van der Waals surface area contributed by atoms with Crippen molar-refractivity contribution in [1.29, 1.82) is 0 Å². The lowest BCUT2D eigenvalue weighted by atomic mass is 10.1. The predicted molar refractivity (Wildman–Crippen MR) is 51.9 cm³/mol. The van der Waals surface area contributed by atoms with E-state index in [1.54, 1.807) is 13.0 Å². The Kier molecular flexibility index (Phi) is 3.03. The van der Waals surface area contributed by atoms with Gasteiger partial charge in [-0.3, -0.25) is 4.79 Å². The Morgan fingerprint density at radius 3 is 2.77 bits per heavy atom. The topological polar surface area (TPSA) is 49.3 Å². The smallest absolute Gasteiger partial charge is 0.152 e. The van der Waals surface area contributed by atoms with Crippen molar-refractivity contribution in [3.63, 3.8) is 0 Å². The van der Waals surface area contributed by atoms with Crippen molar-refractivity contribution < 1.29 is 9.90 Å². The summed E-state index contributed by atoms with van der Waals surface area (Å²) in [5.41, 5.74) is 2.28. The highest BCUT2D eigenvalue weighted by atomic mass is 16.3. The molecule has 1 aromatic carbocycles. The van der Waals surface area contributed by atoms with Crippen molar-refractivity contribution in [3.05, 3.63) is 29.3 Å². The number of rotatable bonds is 3. The Balaban J connectivity index is 3.01. The lowest BCUT2D eigenvalue weighted by Crippen LogP contribution is -2.14. The van der Waals surface area contributed by atoms with Crippen molar-refractivity contribution in [2.24, 2.45) is 0 Å². The summed E-state index contributed by atoms with van der Waals surface area (Å²) in [6.07, 6.45) is 0.116.